The molecule has 7 heteroatoms. The van der Waals surface area contributed by atoms with Crippen molar-refractivity contribution in [1.82, 2.24) is 0 Å². The van der Waals surface area contributed by atoms with Gasteiger partial charge in [-0.25, -0.2) is 0 Å². The molecule has 0 saturated carbocycles. The van der Waals surface area contributed by atoms with Crippen molar-refractivity contribution in [2.45, 2.75) is 64.2 Å². The highest BCUT2D eigenvalue weighted by atomic mass is 35.5. The molecule has 0 aromatic carbocycles. The fraction of sp³-hybridized carbons (Fsp3) is 0.800. The predicted molar refractivity (Wildman–Crippen MR) is 86.1 cm³/mol. The molecule has 0 radical (unpaired) electrons. The fourth-order valence-corrected chi connectivity index (χ4v) is 1.86. The maximum Gasteiger partial charge on any atom is 0.306 e. The summed E-state index contributed by atoms with van der Waals surface area (Å²) in [7, 11) is 0. The number of unbranched alkanes of at least 4 members (excludes halogenated alkanes) is 6. The highest BCUT2D eigenvalue weighted by Gasteiger charge is 2.06. The molecule has 6 nitrogen and oxygen atoms in total. The minimum absolute atomic E-state index is 0. The van der Waals surface area contributed by atoms with Crippen molar-refractivity contribution in [3.63, 3.8) is 0 Å². The summed E-state index contributed by atoms with van der Waals surface area (Å²) >= 11 is 0. The van der Waals surface area contributed by atoms with E-state index in [-0.39, 0.29) is 50.0 Å². The van der Waals surface area contributed by atoms with Crippen LogP contribution in [0.1, 0.15) is 64.2 Å². The summed E-state index contributed by atoms with van der Waals surface area (Å²) in [5, 5.41) is 8.47. The van der Waals surface area contributed by atoms with Gasteiger partial charge in [-0.15, -0.1) is 12.4 Å². The maximum absolute atomic E-state index is 11.3. The molecular weight excluding hydrogens is 310 g/mol. The Bertz CT molecular complexity index is 323. The van der Waals surface area contributed by atoms with Crippen molar-refractivity contribution >= 4 is 30.1 Å². The minimum atomic E-state index is -0.732. The highest BCUT2D eigenvalue weighted by Crippen LogP contribution is 2.08. The van der Waals surface area contributed by atoms with E-state index in [0.29, 0.717) is 6.61 Å². The Balaban J connectivity index is 0. The molecule has 3 N–H and O–H groups in total. The number of halogens is 1. The van der Waals surface area contributed by atoms with Gasteiger partial charge in [0.2, 0.25) is 0 Å². The number of esters is 1. The second-order valence-electron chi connectivity index (χ2n) is 5.08. The Kier molecular flexibility index (Phi) is 17.1. The fourth-order valence-electron chi connectivity index (χ4n) is 1.86. The van der Waals surface area contributed by atoms with Gasteiger partial charge in [0, 0.05) is 12.8 Å². The Labute approximate surface area is 138 Å². The monoisotopic (exact) mass is 337 g/mol. The van der Waals surface area contributed by atoms with E-state index in [1.165, 1.54) is 0 Å². The van der Waals surface area contributed by atoms with E-state index >= 15 is 0 Å². The van der Waals surface area contributed by atoms with Crippen LogP contribution in [-0.4, -0.2) is 36.0 Å². The average Bonchev–Trinajstić information content (AvgIpc) is 2.46. The van der Waals surface area contributed by atoms with Gasteiger partial charge >= 0.3 is 11.9 Å². The third kappa shape index (κ3) is 16.9. The number of carbonyl (C=O) groups excluding carboxylic acids is 2. The first kappa shape index (κ1) is 23.1. The van der Waals surface area contributed by atoms with Crippen LogP contribution in [0.3, 0.4) is 0 Å². The van der Waals surface area contributed by atoms with Gasteiger partial charge in [0.1, 0.15) is 5.78 Å². The number of aliphatic carboxylic acids is 1. The van der Waals surface area contributed by atoms with Crippen molar-refractivity contribution in [3.05, 3.63) is 0 Å². The molecule has 0 heterocycles. The lowest BCUT2D eigenvalue weighted by Crippen LogP contribution is -2.15. The first-order valence-corrected chi connectivity index (χ1v) is 7.65. The number of ketones is 1. The number of nitrogens with two attached hydrogens (primary N) is 1. The van der Waals surface area contributed by atoms with Gasteiger partial charge in [0.05, 0.1) is 19.6 Å². The van der Waals surface area contributed by atoms with Gasteiger partial charge in [-0.05, 0) is 12.8 Å². The lowest BCUT2D eigenvalue weighted by atomic mass is 10.1. The van der Waals surface area contributed by atoms with Crippen LogP contribution in [0.2, 0.25) is 0 Å². The standard InChI is InChI=1S/C15H27NO5.ClH/c16-12-13(17)9-10-15(20)21-11-7-5-3-1-2-4-6-8-14(18)19;/h1-12,16H2,(H,18,19);1H. The summed E-state index contributed by atoms with van der Waals surface area (Å²) in [6, 6.07) is 0. The van der Waals surface area contributed by atoms with E-state index in [0.717, 1.165) is 44.9 Å². The number of carbonyl (C=O) groups is 3. The lowest BCUT2D eigenvalue weighted by Gasteiger charge is -2.04. The summed E-state index contributed by atoms with van der Waals surface area (Å²) in [6.45, 7) is 0.369. The zero-order valence-electron chi connectivity index (χ0n) is 13.1. The zero-order valence-corrected chi connectivity index (χ0v) is 13.9. The highest BCUT2D eigenvalue weighted by molar-refractivity contribution is 5.85. The Morgan fingerprint density at radius 2 is 1.36 bits per heavy atom. The molecule has 0 atom stereocenters. The van der Waals surface area contributed by atoms with Gasteiger partial charge < -0.3 is 15.6 Å². The SMILES string of the molecule is Cl.NCC(=O)CCC(=O)OCCCCCCCCCC(=O)O. The van der Waals surface area contributed by atoms with Crippen molar-refractivity contribution in [2.24, 2.45) is 5.73 Å². The molecule has 22 heavy (non-hydrogen) atoms. The van der Waals surface area contributed by atoms with E-state index in [1.807, 2.05) is 0 Å². The minimum Gasteiger partial charge on any atom is -0.481 e. The molecular formula is C15H28ClNO5. The second kappa shape index (κ2) is 16.2. The number of carboxylic acids is 1. The van der Waals surface area contributed by atoms with Gasteiger partial charge in [0.25, 0.3) is 0 Å². The van der Waals surface area contributed by atoms with Crippen LogP contribution >= 0.6 is 12.4 Å². The van der Waals surface area contributed by atoms with Crippen molar-refractivity contribution in [1.29, 1.82) is 0 Å². The summed E-state index contributed by atoms with van der Waals surface area (Å²) in [5.74, 6) is -1.20. The quantitative estimate of drug-likeness (QED) is 0.372. The van der Waals surface area contributed by atoms with E-state index in [4.69, 9.17) is 15.6 Å². The van der Waals surface area contributed by atoms with Crippen LogP contribution in [0.4, 0.5) is 0 Å². The van der Waals surface area contributed by atoms with Gasteiger partial charge in [-0.2, -0.15) is 0 Å². The van der Waals surface area contributed by atoms with E-state index < -0.39 is 5.97 Å². The first-order valence-electron chi connectivity index (χ1n) is 7.65. The molecule has 0 amide bonds. The van der Waals surface area contributed by atoms with Crippen LogP contribution in [0.5, 0.6) is 0 Å². The normalized spacial score (nSPS) is 9.86. The van der Waals surface area contributed by atoms with Crippen LogP contribution in [0, 0.1) is 0 Å². The summed E-state index contributed by atoms with van der Waals surface area (Å²) in [4.78, 5) is 32.5. The van der Waals surface area contributed by atoms with E-state index in [9.17, 15) is 14.4 Å². The molecule has 0 aliphatic heterocycles. The second-order valence-corrected chi connectivity index (χ2v) is 5.08. The van der Waals surface area contributed by atoms with Gasteiger partial charge in [-0.1, -0.05) is 32.1 Å². The zero-order chi connectivity index (χ0) is 15.9. The Morgan fingerprint density at radius 3 is 1.91 bits per heavy atom. The Hall–Kier alpha value is -1.14. The third-order valence-electron chi connectivity index (χ3n) is 3.13. The summed E-state index contributed by atoms with van der Waals surface area (Å²) < 4.78 is 5.01. The third-order valence-corrected chi connectivity index (χ3v) is 3.13. The smallest absolute Gasteiger partial charge is 0.306 e. The number of rotatable bonds is 14. The molecule has 0 fully saturated rings. The number of hydrogen-bond acceptors (Lipinski definition) is 5. The Morgan fingerprint density at radius 1 is 0.818 bits per heavy atom. The van der Waals surface area contributed by atoms with E-state index in [2.05, 4.69) is 0 Å². The predicted octanol–water partition coefficient (Wildman–Crippen LogP) is 2.46. The lowest BCUT2D eigenvalue weighted by molar-refractivity contribution is -0.144. The topological polar surface area (TPSA) is 107 Å². The van der Waals surface area contributed by atoms with Gasteiger partial charge in [0.15, 0.2) is 0 Å². The first-order chi connectivity index (χ1) is 10.1. The molecule has 0 aromatic heterocycles. The average molecular weight is 338 g/mol. The number of ether oxygens (including phenoxy) is 1. The number of Topliss-reactive ketones (excluding diaryl/α,β-unsaturated/α-hetero) is 1. The van der Waals surface area contributed by atoms with Crippen molar-refractivity contribution in [2.75, 3.05) is 13.2 Å². The molecule has 0 aliphatic carbocycles. The van der Waals surface area contributed by atoms with Crippen molar-refractivity contribution in [3.8, 4) is 0 Å². The van der Waals surface area contributed by atoms with Crippen LogP contribution in [0.15, 0.2) is 0 Å². The maximum atomic E-state index is 11.3. The molecule has 0 aromatic rings. The molecule has 0 rings (SSSR count). The molecule has 0 spiro atoms. The largest absolute Gasteiger partial charge is 0.481 e. The van der Waals surface area contributed by atoms with Crippen LogP contribution in [-0.2, 0) is 19.1 Å². The number of hydrogen-bond donors (Lipinski definition) is 2. The van der Waals surface area contributed by atoms with Crippen LogP contribution < -0.4 is 5.73 Å². The molecule has 0 unspecified atom stereocenters. The van der Waals surface area contributed by atoms with Gasteiger partial charge in [-0.3, -0.25) is 14.4 Å². The summed E-state index contributed by atoms with van der Waals surface area (Å²) in [5.41, 5.74) is 5.14. The number of carboxylic acid groups (broad SMARTS) is 1. The molecule has 0 aliphatic rings. The van der Waals surface area contributed by atoms with E-state index in [1.54, 1.807) is 0 Å². The van der Waals surface area contributed by atoms with Crippen LogP contribution in [0.25, 0.3) is 0 Å². The molecule has 0 saturated heterocycles. The molecule has 0 bridgehead atoms. The molecule has 130 valence electrons. The summed E-state index contributed by atoms with van der Waals surface area (Å²) in [6.07, 6.45) is 7.24. The van der Waals surface area contributed by atoms with Crippen molar-refractivity contribution < 1.29 is 24.2 Å².